The summed E-state index contributed by atoms with van der Waals surface area (Å²) in [4.78, 5) is 30.9. The molecule has 1 aliphatic heterocycles. The number of amides is 1. The van der Waals surface area contributed by atoms with Gasteiger partial charge in [-0.15, -0.1) is 0 Å². The summed E-state index contributed by atoms with van der Waals surface area (Å²) in [6, 6.07) is 4.67. The molecule has 0 saturated carbocycles. The van der Waals surface area contributed by atoms with Gasteiger partial charge >= 0.3 is 5.97 Å². The van der Waals surface area contributed by atoms with Crippen molar-refractivity contribution in [3.63, 3.8) is 0 Å². The largest absolute Gasteiger partial charge is 0.480 e. The van der Waals surface area contributed by atoms with Gasteiger partial charge in [0.2, 0.25) is 5.91 Å². The first kappa shape index (κ1) is 20.0. The number of nitrogens with zero attached hydrogens (tertiary/aromatic N) is 4. The Morgan fingerprint density at radius 3 is 2.67 bits per heavy atom. The fourth-order valence-corrected chi connectivity index (χ4v) is 3.92. The van der Waals surface area contributed by atoms with Crippen LogP contribution in [0.3, 0.4) is 0 Å². The van der Waals surface area contributed by atoms with Crippen molar-refractivity contribution in [3.8, 4) is 0 Å². The lowest BCUT2D eigenvalue weighted by Crippen LogP contribution is -2.48. The van der Waals surface area contributed by atoms with E-state index < -0.39 is 12.0 Å². The molecule has 3 aromatic rings. The normalized spacial score (nSPS) is 16.6. The summed E-state index contributed by atoms with van der Waals surface area (Å²) in [5, 5.41) is 21.3. The van der Waals surface area contributed by atoms with E-state index in [1.807, 2.05) is 24.0 Å². The highest BCUT2D eigenvalue weighted by Crippen LogP contribution is 2.31. The Balaban J connectivity index is 1.53. The molecule has 0 radical (unpaired) electrons. The van der Waals surface area contributed by atoms with Gasteiger partial charge in [0.1, 0.15) is 17.4 Å². The highest BCUT2D eigenvalue weighted by molar-refractivity contribution is 5.95. The van der Waals surface area contributed by atoms with Gasteiger partial charge in [-0.25, -0.2) is 4.63 Å². The van der Waals surface area contributed by atoms with Gasteiger partial charge in [-0.05, 0) is 25.1 Å². The van der Waals surface area contributed by atoms with E-state index in [4.69, 9.17) is 4.63 Å². The molecule has 4 rings (SSSR count). The molecule has 0 unspecified atom stereocenters. The van der Waals surface area contributed by atoms with Gasteiger partial charge in [-0.3, -0.25) is 19.4 Å². The van der Waals surface area contributed by atoms with Gasteiger partial charge in [0.05, 0.1) is 0 Å². The van der Waals surface area contributed by atoms with Crippen LogP contribution in [0.2, 0.25) is 0 Å². The molecular weight excluding hydrogens is 388 g/mol. The number of carboxylic acids is 1. The lowest BCUT2D eigenvalue weighted by molar-refractivity contribution is -0.144. The van der Waals surface area contributed by atoms with Crippen LogP contribution in [0, 0.1) is 6.92 Å². The lowest BCUT2D eigenvalue weighted by Gasteiger charge is -2.37. The van der Waals surface area contributed by atoms with Gasteiger partial charge in [-0.2, -0.15) is 0 Å². The van der Waals surface area contributed by atoms with Gasteiger partial charge in [-0.1, -0.05) is 10.3 Å². The standard InChI is InChI=1S/C20H24N6O4/c1-12-18(24-30-23-12)11-25-5-7-26(8-6-25)19(20(28)29)16-10-21-17-4-3-14(9-15(16)17)22-13(2)27/h3-4,9-10,19,21H,5-8,11H2,1-2H3,(H,22,27)(H,28,29)/t19-/m1/s1. The molecule has 1 atom stereocenters. The fourth-order valence-electron chi connectivity index (χ4n) is 3.92. The number of piperazine rings is 1. The number of hydrogen-bond donors (Lipinski definition) is 3. The summed E-state index contributed by atoms with van der Waals surface area (Å²) in [7, 11) is 0. The number of aromatic nitrogens is 3. The first-order valence-corrected chi connectivity index (χ1v) is 9.78. The van der Waals surface area contributed by atoms with Crippen LogP contribution >= 0.6 is 0 Å². The molecule has 0 spiro atoms. The van der Waals surface area contributed by atoms with Crippen molar-refractivity contribution >= 4 is 28.5 Å². The van der Waals surface area contributed by atoms with Crippen molar-refractivity contribution in [2.75, 3.05) is 31.5 Å². The minimum Gasteiger partial charge on any atom is -0.480 e. The number of fused-ring (bicyclic) bond motifs is 1. The maximum Gasteiger partial charge on any atom is 0.325 e. The van der Waals surface area contributed by atoms with Crippen LogP contribution in [-0.4, -0.2) is 68.3 Å². The van der Waals surface area contributed by atoms with Crippen LogP contribution in [0.1, 0.15) is 29.9 Å². The van der Waals surface area contributed by atoms with E-state index in [1.54, 1.807) is 12.3 Å². The summed E-state index contributed by atoms with van der Waals surface area (Å²) in [6.45, 7) is 6.59. The number of benzene rings is 1. The number of rotatable bonds is 6. The van der Waals surface area contributed by atoms with Crippen LogP contribution in [0.25, 0.3) is 10.9 Å². The second-order valence-corrected chi connectivity index (χ2v) is 7.53. The van der Waals surface area contributed by atoms with E-state index in [1.165, 1.54) is 6.92 Å². The van der Waals surface area contributed by atoms with Crippen molar-refractivity contribution in [2.45, 2.75) is 26.4 Å². The Morgan fingerprint density at radius 2 is 2.03 bits per heavy atom. The number of anilines is 1. The number of aromatic amines is 1. The third-order valence-electron chi connectivity index (χ3n) is 5.45. The first-order valence-electron chi connectivity index (χ1n) is 9.78. The van der Waals surface area contributed by atoms with E-state index >= 15 is 0 Å². The van der Waals surface area contributed by atoms with Crippen LogP contribution < -0.4 is 5.32 Å². The summed E-state index contributed by atoms with van der Waals surface area (Å²) in [5.41, 5.74) is 3.74. The molecule has 158 valence electrons. The number of aryl methyl sites for hydroxylation is 1. The molecule has 1 aromatic carbocycles. The van der Waals surface area contributed by atoms with Crippen molar-refractivity contribution in [1.82, 2.24) is 25.1 Å². The van der Waals surface area contributed by atoms with E-state index in [0.29, 0.717) is 30.9 Å². The van der Waals surface area contributed by atoms with Crippen molar-refractivity contribution < 1.29 is 19.3 Å². The summed E-state index contributed by atoms with van der Waals surface area (Å²) < 4.78 is 4.76. The Hall–Kier alpha value is -3.24. The van der Waals surface area contributed by atoms with E-state index in [-0.39, 0.29) is 5.91 Å². The number of H-pyrrole nitrogens is 1. The molecule has 2 aromatic heterocycles. The summed E-state index contributed by atoms with van der Waals surface area (Å²) >= 11 is 0. The van der Waals surface area contributed by atoms with E-state index in [9.17, 15) is 14.7 Å². The van der Waals surface area contributed by atoms with Gasteiger partial charge in [0.25, 0.3) is 0 Å². The fraction of sp³-hybridized carbons (Fsp3) is 0.400. The zero-order valence-corrected chi connectivity index (χ0v) is 16.9. The molecule has 30 heavy (non-hydrogen) atoms. The zero-order valence-electron chi connectivity index (χ0n) is 16.9. The number of hydrogen-bond acceptors (Lipinski definition) is 7. The summed E-state index contributed by atoms with van der Waals surface area (Å²) in [5.74, 6) is -1.07. The highest BCUT2D eigenvalue weighted by atomic mass is 16.6. The second-order valence-electron chi connectivity index (χ2n) is 7.53. The van der Waals surface area contributed by atoms with E-state index in [0.717, 1.165) is 35.4 Å². The maximum absolute atomic E-state index is 12.2. The van der Waals surface area contributed by atoms with Crippen LogP contribution in [0.5, 0.6) is 0 Å². The molecule has 1 amide bonds. The predicted molar refractivity (Wildman–Crippen MR) is 109 cm³/mol. The van der Waals surface area contributed by atoms with E-state index in [2.05, 4.69) is 25.5 Å². The van der Waals surface area contributed by atoms with Crippen molar-refractivity contribution in [3.05, 3.63) is 41.3 Å². The maximum atomic E-state index is 12.2. The van der Waals surface area contributed by atoms with Gasteiger partial charge in [0, 0.05) is 68.0 Å². The third kappa shape index (κ3) is 4.05. The number of nitrogens with one attached hydrogen (secondary N) is 2. The number of carbonyl (C=O) groups excluding carboxylic acids is 1. The minimum atomic E-state index is -0.897. The number of carboxylic acid groups (broad SMARTS) is 1. The molecule has 0 bridgehead atoms. The Morgan fingerprint density at radius 1 is 1.27 bits per heavy atom. The molecule has 1 saturated heterocycles. The molecule has 1 fully saturated rings. The number of aliphatic carboxylic acids is 1. The minimum absolute atomic E-state index is 0.171. The third-order valence-corrected chi connectivity index (χ3v) is 5.45. The molecule has 10 heteroatoms. The van der Waals surface area contributed by atoms with Crippen LogP contribution in [0.15, 0.2) is 29.0 Å². The molecule has 1 aliphatic rings. The lowest BCUT2D eigenvalue weighted by atomic mass is 10.0. The molecule has 0 aliphatic carbocycles. The highest BCUT2D eigenvalue weighted by Gasteiger charge is 2.32. The first-order chi connectivity index (χ1) is 14.4. The monoisotopic (exact) mass is 412 g/mol. The Labute approximate surface area is 172 Å². The SMILES string of the molecule is CC(=O)Nc1ccc2[nH]cc([C@H](C(=O)O)N3CCN(Cc4nonc4C)CC3)c2c1. The number of carbonyl (C=O) groups is 2. The molecule has 3 heterocycles. The van der Waals surface area contributed by atoms with Crippen molar-refractivity contribution in [2.24, 2.45) is 0 Å². The molecule has 10 nitrogen and oxygen atoms in total. The average Bonchev–Trinajstić information content (AvgIpc) is 3.29. The Kier molecular flexibility index (Phi) is 5.51. The van der Waals surface area contributed by atoms with Gasteiger partial charge < -0.3 is 15.4 Å². The smallest absolute Gasteiger partial charge is 0.325 e. The summed E-state index contributed by atoms with van der Waals surface area (Å²) in [6.07, 6.45) is 1.75. The second kappa shape index (κ2) is 8.25. The predicted octanol–water partition coefficient (Wildman–Crippen LogP) is 1.76. The zero-order chi connectivity index (χ0) is 21.3. The van der Waals surface area contributed by atoms with Gasteiger partial charge in [0.15, 0.2) is 0 Å². The van der Waals surface area contributed by atoms with Crippen LogP contribution in [0.4, 0.5) is 5.69 Å². The topological polar surface area (TPSA) is 128 Å². The Bertz CT molecular complexity index is 1070. The quantitative estimate of drug-likeness (QED) is 0.559. The van der Waals surface area contributed by atoms with Crippen LogP contribution in [-0.2, 0) is 16.1 Å². The van der Waals surface area contributed by atoms with Crippen molar-refractivity contribution in [1.29, 1.82) is 0 Å². The molecule has 3 N–H and O–H groups in total. The average molecular weight is 412 g/mol. The molecular formula is C20H24N6O4.